The summed E-state index contributed by atoms with van der Waals surface area (Å²) in [6.07, 6.45) is 0. The molecule has 0 aliphatic heterocycles. The topological polar surface area (TPSA) is 3.24 Å². The van der Waals surface area contributed by atoms with Crippen LogP contribution in [0.3, 0.4) is 0 Å². The Bertz CT molecular complexity index is 508. The maximum Gasteiger partial charge on any atom is 0.0251 e. The van der Waals surface area contributed by atoms with E-state index in [-0.39, 0.29) is 0 Å². The fraction of sp³-hybridized carbons (Fsp3) is 0.294. The lowest BCUT2D eigenvalue weighted by Crippen LogP contribution is -2.29. The number of halogens is 1. The Hall–Kier alpha value is -1.12. The Kier molecular flexibility index (Phi) is 5.17. The molecule has 0 radical (unpaired) electrons. The predicted octanol–water partition coefficient (Wildman–Crippen LogP) is 4.86. The first-order chi connectivity index (χ1) is 9.16. The van der Waals surface area contributed by atoms with Gasteiger partial charge in [0.25, 0.3) is 0 Å². The van der Waals surface area contributed by atoms with Gasteiger partial charge in [-0.05, 0) is 31.0 Å². The Balaban J connectivity index is 2.11. The van der Waals surface area contributed by atoms with Gasteiger partial charge in [-0.2, -0.15) is 0 Å². The highest BCUT2D eigenvalue weighted by atomic mass is 79.9. The van der Waals surface area contributed by atoms with Gasteiger partial charge in [-0.15, -0.1) is 0 Å². The van der Waals surface area contributed by atoms with Crippen molar-refractivity contribution in [3.05, 3.63) is 70.2 Å². The zero-order chi connectivity index (χ0) is 13.7. The first kappa shape index (κ1) is 14.3. The predicted molar refractivity (Wildman–Crippen MR) is 85.0 cm³/mol. The Labute approximate surface area is 124 Å². The van der Waals surface area contributed by atoms with Gasteiger partial charge in [-0.1, -0.05) is 64.5 Å². The van der Waals surface area contributed by atoms with Gasteiger partial charge >= 0.3 is 0 Å². The van der Waals surface area contributed by atoms with Crippen LogP contribution in [0.5, 0.6) is 0 Å². The molecule has 0 saturated carbocycles. The number of hydrogen-bond acceptors (Lipinski definition) is 1. The second kappa shape index (κ2) is 6.88. The maximum atomic E-state index is 3.63. The standard InChI is InChI=1S/C17H20BrN/c1-14(2)19(12-15-8-4-3-5-9-15)13-16-10-6-7-11-17(16)18/h3-11,14H,12-13H2,1-2H3. The molecule has 19 heavy (non-hydrogen) atoms. The quantitative estimate of drug-likeness (QED) is 0.761. The molecule has 0 spiro atoms. The molecule has 0 aliphatic carbocycles. The fourth-order valence-corrected chi connectivity index (χ4v) is 2.49. The van der Waals surface area contributed by atoms with Crippen LogP contribution in [0.25, 0.3) is 0 Å². The smallest absolute Gasteiger partial charge is 0.0251 e. The number of hydrogen-bond donors (Lipinski definition) is 0. The highest BCUT2D eigenvalue weighted by Crippen LogP contribution is 2.20. The van der Waals surface area contributed by atoms with Gasteiger partial charge in [0.1, 0.15) is 0 Å². The number of nitrogens with zero attached hydrogens (tertiary/aromatic N) is 1. The summed E-state index contributed by atoms with van der Waals surface area (Å²) >= 11 is 3.63. The minimum absolute atomic E-state index is 0.521. The molecule has 2 aromatic rings. The van der Waals surface area contributed by atoms with Crippen LogP contribution in [0.15, 0.2) is 59.1 Å². The third-order valence-corrected chi connectivity index (χ3v) is 4.06. The van der Waals surface area contributed by atoms with Crippen molar-refractivity contribution in [3.63, 3.8) is 0 Å². The van der Waals surface area contributed by atoms with Crippen LogP contribution in [0, 0.1) is 0 Å². The minimum atomic E-state index is 0.521. The maximum absolute atomic E-state index is 3.63. The Morgan fingerprint density at radius 3 is 2.16 bits per heavy atom. The van der Waals surface area contributed by atoms with Gasteiger partial charge in [0.05, 0.1) is 0 Å². The van der Waals surface area contributed by atoms with E-state index in [2.05, 4.69) is 89.3 Å². The molecule has 0 amide bonds. The summed E-state index contributed by atoms with van der Waals surface area (Å²) in [5, 5.41) is 0. The zero-order valence-electron chi connectivity index (χ0n) is 11.5. The Morgan fingerprint density at radius 1 is 0.895 bits per heavy atom. The van der Waals surface area contributed by atoms with Crippen LogP contribution >= 0.6 is 15.9 Å². The van der Waals surface area contributed by atoms with Crippen molar-refractivity contribution in [1.29, 1.82) is 0 Å². The van der Waals surface area contributed by atoms with E-state index in [0.717, 1.165) is 13.1 Å². The molecule has 100 valence electrons. The van der Waals surface area contributed by atoms with Crippen molar-refractivity contribution in [2.24, 2.45) is 0 Å². The molecule has 0 aliphatic rings. The molecule has 0 fully saturated rings. The van der Waals surface area contributed by atoms with Gasteiger partial charge in [-0.25, -0.2) is 0 Å². The fourth-order valence-electron chi connectivity index (χ4n) is 2.08. The summed E-state index contributed by atoms with van der Waals surface area (Å²) in [7, 11) is 0. The van der Waals surface area contributed by atoms with Gasteiger partial charge in [0, 0.05) is 23.6 Å². The van der Waals surface area contributed by atoms with Crippen LogP contribution in [-0.2, 0) is 13.1 Å². The molecule has 0 heterocycles. The van der Waals surface area contributed by atoms with E-state index in [1.165, 1.54) is 15.6 Å². The monoisotopic (exact) mass is 317 g/mol. The molecular weight excluding hydrogens is 298 g/mol. The molecule has 2 aromatic carbocycles. The van der Waals surface area contributed by atoms with E-state index in [9.17, 15) is 0 Å². The van der Waals surface area contributed by atoms with Gasteiger partial charge in [0.15, 0.2) is 0 Å². The lowest BCUT2D eigenvalue weighted by Gasteiger charge is -2.27. The Morgan fingerprint density at radius 2 is 1.53 bits per heavy atom. The van der Waals surface area contributed by atoms with E-state index in [0.29, 0.717) is 6.04 Å². The first-order valence-corrected chi connectivity index (χ1v) is 7.47. The summed E-state index contributed by atoms with van der Waals surface area (Å²) in [5.41, 5.74) is 2.70. The first-order valence-electron chi connectivity index (χ1n) is 6.68. The normalized spacial score (nSPS) is 11.2. The average Bonchev–Trinajstić information content (AvgIpc) is 2.41. The zero-order valence-corrected chi connectivity index (χ0v) is 13.1. The SMILES string of the molecule is CC(C)N(Cc1ccccc1)Cc1ccccc1Br. The minimum Gasteiger partial charge on any atom is -0.292 e. The van der Waals surface area contributed by atoms with Gasteiger partial charge in [-0.3, -0.25) is 4.90 Å². The van der Waals surface area contributed by atoms with Crippen LogP contribution in [-0.4, -0.2) is 10.9 Å². The van der Waals surface area contributed by atoms with Crippen LogP contribution in [0.1, 0.15) is 25.0 Å². The summed E-state index contributed by atoms with van der Waals surface area (Å²) in [6.45, 7) is 6.45. The van der Waals surface area contributed by atoms with Crippen molar-refractivity contribution in [2.45, 2.75) is 33.0 Å². The molecule has 0 unspecified atom stereocenters. The summed E-state index contributed by atoms with van der Waals surface area (Å²) in [6, 6.07) is 19.6. The van der Waals surface area contributed by atoms with Crippen molar-refractivity contribution in [3.8, 4) is 0 Å². The number of rotatable bonds is 5. The second-order valence-corrected chi connectivity index (χ2v) is 5.93. The molecule has 2 heteroatoms. The van der Waals surface area contributed by atoms with Crippen LogP contribution < -0.4 is 0 Å². The molecule has 0 aromatic heterocycles. The largest absolute Gasteiger partial charge is 0.292 e. The summed E-state index contributed by atoms with van der Waals surface area (Å²) in [5.74, 6) is 0. The molecule has 0 bridgehead atoms. The van der Waals surface area contributed by atoms with E-state index in [4.69, 9.17) is 0 Å². The van der Waals surface area contributed by atoms with Gasteiger partial charge < -0.3 is 0 Å². The van der Waals surface area contributed by atoms with Crippen molar-refractivity contribution in [2.75, 3.05) is 0 Å². The summed E-state index contributed by atoms with van der Waals surface area (Å²) in [4.78, 5) is 2.48. The molecule has 1 nitrogen and oxygen atoms in total. The van der Waals surface area contributed by atoms with Crippen LogP contribution in [0.4, 0.5) is 0 Å². The highest BCUT2D eigenvalue weighted by Gasteiger charge is 2.12. The lowest BCUT2D eigenvalue weighted by atomic mass is 10.1. The third-order valence-electron chi connectivity index (χ3n) is 3.29. The highest BCUT2D eigenvalue weighted by molar-refractivity contribution is 9.10. The third kappa shape index (κ3) is 4.19. The number of benzene rings is 2. The molecule has 0 saturated heterocycles. The summed E-state index contributed by atoms with van der Waals surface area (Å²) < 4.78 is 1.19. The van der Waals surface area contributed by atoms with E-state index in [1.54, 1.807) is 0 Å². The van der Waals surface area contributed by atoms with Crippen molar-refractivity contribution in [1.82, 2.24) is 4.90 Å². The molecule has 0 N–H and O–H groups in total. The second-order valence-electron chi connectivity index (χ2n) is 5.08. The van der Waals surface area contributed by atoms with E-state index >= 15 is 0 Å². The van der Waals surface area contributed by atoms with Gasteiger partial charge in [0.2, 0.25) is 0 Å². The molecular formula is C17H20BrN. The van der Waals surface area contributed by atoms with Crippen molar-refractivity contribution >= 4 is 15.9 Å². The van der Waals surface area contributed by atoms with Crippen LogP contribution in [0.2, 0.25) is 0 Å². The molecule has 0 atom stereocenters. The van der Waals surface area contributed by atoms with E-state index < -0.39 is 0 Å². The lowest BCUT2D eigenvalue weighted by molar-refractivity contribution is 0.203. The van der Waals surface area contributed by atoms with E-state index in [1.807, 2.05) is 0 Å². The molecule has 2 rings (SSSR count). The average molecular weight is 318 g/mol. The van der Waals surface area contributed by atoms with Crippen molar-refractivity contribution < 1.29 is 0 Å².